The monoisotopic (exact) mass is 365 g/mol. The maximum absolute atomic E-state index is 13.1. The van der Waals surface area contributed by atoms with E-state index in [0.717, 1.165) is 6.07 Å². The molecule has 1 unspecified atom stereocenters. The van der Waals surface area contributed by atoms with Crippen molar-refractivity contribution >= 4 is 11.0 Å². The van der Waals surface area contributed by atoms with Crippen molar-refractivity contribution in [1.82, 2.24) is 14.5 Å². The van der Waals surface area contributed by atoms with Gasteiger partial charge >= 0.3 is 6.18 Å². The molecule has 1 heterocycles. The van der Waals surface area contributed by atoms with Crippen molar-refractivity contribution in [1.29, 1.82) is 0 Å². The van der Waals surface area contributed by atoms with E-state index in [1.54, 1.807) is 61.6 Å². The Labute approximate surface area is 144 Å². The molecule has 8 heteroatoms. The predicted octanol–water partition coefficient (Wildman–Crippen LogP) is 3.80. The van der Waals surface area contributed by atoms with Crippen LogP contribution in [0.15, 0.2) is 65.6 Å². The van der Waals surface area contributed by atoms with Gasteiger partial charge in [0.15, 0.2) is 5.69 Å². The maximum Gasteiger partial charge on any atom is 0.435 e. The Morgan fingerprint density at radius 2 is 1.68 bits per heavy atom. The molecule has 0 amide bonds. The molecular formula is C17H14F3N3OS. The van der Waals surface area contributed by atoms with Crippen LogP contribution in [0.3, 0.4) is 0 Å². The van der Waals surface area contributed by atoms with Gasteiger partial charge in [-0.2, -0.15) is 18.3 Å². The number of alkyl halides is 3. The zero-order valence-electron chi connectivity index (χ0n) is 13.1. The minimum Gasteiger partial charge on any atom is -0.238 e. The smallest absolute Gasteiger partial charge is 0.238 e. The minimum absolute atomic E-state index is 0.329. The first-order valence-corrected chi connectivity index (χ1v) is 8.47. The molecule has 0 spiro atoms. The number of benzene rings is 2. The van der Waals surface area contributed by atoms with E-state index in [4.69, 9.17) is 0 Å². The minimum atomic E-state index is -4.54. The fourth-order valence-electron chi connectivity index (χ4n) is 2.36. The molecule has 0 aliphatic carbocycles. The van der Waals surface area contributed by atoms with Crippen molar-refractivity contribution in [2.75, 3.05) is 7.05 Å². The molecule has 130 valence electrons. The van der Waals surface area contributed by atoms with E-state index < -0.39 is 22.9 Å². The fourth-order valence-corrected chi connectivity index (χ4v) is 2.98. The molecule has 4 nitrogen and oxygen atoms in total. The number of hydrogen-bond donors (Lipinski definition) is 1. The average molecular weight is 365 g/mol. The van der Waals surface area contributed by atoms with Crippen LogP contribution in [0.25, 0.3) is 16.9 Å². The van der Waals surface area contributed by atoms with Gasteiger partial charge in [0.05, 0.1) is 16.3 Å². The van der Waals surface area contributed by atoms with E-state index in [1.165, 1.54) is 4.68 Å². The van der Waals surface area contributed by atoms with Crippen molar-refractivity contribution in [2.24, 2.45) is 0 Å². The number of halogens is 3. The summed E-state index contributed by atoms with van der Waals surface area (Å²) >= 11 is 0. The first kappa shape index (κ1) is 17.4. The van der Waals surface area contributed by atoms with Gasteiger partial charge in [0, 0.05) is 5.56 Å². The second kappa shape index (κ2) is 6.81. The van der Waals surface area contributed by atoms with E-state index in [0.29, 0.717) is 21.8 Å². The van der Waals surface area contributed by atoms with Gasteiger partial charge in [-0.05, 0) is 37.4 Å². The van der Waals surface area contributed by atoms with Gasteiger partial charge in [0.2, 0.25) is 0 Å². The molecule has 0 fully saturated rings. The lowest BCUT2D eigenvalue weighted by Crippen LogP contribution is -2.10. The first-order chi connectivity index (χ1) is 11.9. The third kappa shape index (κ3) is 3.64. The molecule has 3 rings (SSSR count). The summed E-state index contributed by atoms with van der Waals surface area (Å²) in [5.41, 5.74) is 0.434. The van der Waals surface area contributed by atoms with Crippen molar-refractivity contribution in [3.63, 3.8) is 0 Å². The Kier molecular flexibility index (Phi) is 4.73. The van der Waals surface area contributed by atoms with Gasteiger partial charge < -0.3 is 0 Å². The average Bonchev–Trinajstić information content (AvgIpc) is 3.08. The predicted molar refractivity (Wildman–Crippen MR) is 89.5 cm³/mol. The summed E-state index contributed by atoms with van der Waals surface area (Å²) in [4.78, 5) is 0.524. The van der Waals surface area contributed by atoms with Crippen LogP contribution in [0.5, 0.6) is 0 Å². The highest BCUT2D eigenvalue weighted by molar-refractivity contribution is 7.83. The maximum atomic E-state index is 13.1. The summed E-state index contributed by atoms with van der Waals surface area (Å²) in [5.74, 6) is 0. The lowest BCUT2D eigenvalue weighted by Gasteiger charge is -2.08. The standard InChI is InChI=1S/C17H14F3N3OS/c1-21-25(24)14-9-7-13(8-10-14)23-15(12-5-3-2-4-6-12)11-16(22-23)17(18,19)20/h2-11,21H,1H3. The number of rotatable bonds is 4. The number of nitrogens with zero attached hydrogens (tertiary/aromatic N) is 2. The molecule has 0 aliphatic rings. The highest BCUT2D eigenvalue weighted by atomic mass is 32.2. The Hall–Kier alpha value is -2.45. The second-order valence-corrected chi connectivity index (χ2v) is 6.57. The Balaban J connectivity index is 2.11. The molecule has 3 aromatic rings. The first-order valence-electron chi connectivity index (χ1n) is 7.32. The zero-order valence-corrected chi connectivity index (χ0v) is 13.9. The summed E-state index contributed by atoms with van der Waals surface area (Å²) in [5, 5.41) is 3.72. The van der Waals surface area contributed by atoms with Crippen LogP contribution in [0, 0.1) is 0 Å². The molecule has 25 heavy (non-hydrogen) atoms. The van der Waals surface area contributed by atoms with Gasteiger partial charge in [0.25, 0.3) is 0 Å². The number of hydrogen-bond acceptors (Lipinski definition) is 2. The molecule has 2 aromatic carbocycles. The fraction of sp³-hybridized carbons (Fsp3) is 0.118. The van der Waals surface area contributed by atoms with Crippen LogP contribution in [0.2, 0.25) is 0 Å². The molecule has 0 saturated carbocycles. The van der Waals surface area contributed by atoms with E-state index in [9.17, 15) is 17.4 Å². The van der Waals surface area contributed by atoms with Crippen LogP contribution in [0.1, 0.15) is 5.69 Å². The summed E-state index contributed by atoms with van der Waals surface area (Å²) in [6, 6.07) is 16.1. The van der Waals surface area contributed by atoms with Crippen LogP contribution in [-0.2, 0) is 17.2 Å². The SMILES string of the molecule is CNS(=O)c1ccc(-n2nc(C(F)(F)F)cc2-c2ccccc2)cc1. The Morgan fingerprint density at radius 1 is 1.04 bits per heavy atom. The molecule has 1 atom stereocenters. The van der Waals surface area contributed by atoms with Gasteiger partial charge in [-0.1, -0.05) is 30.3 Å². The number of nitrogens with one attached hydrogen (secondary N) is 1. The lowest BCUT2D eigenvalue weighted by molar-refractivity contribution is -0.141. The Bertz CT molecular complexity index is 890. The number of aromatic nitrogens is 2. The van der Waals surface area contributed by atoms with Crippen LogP contribution < -0.4 is 4.72 Å². The van der Waals surface area contributed by atoms with Crippen LogP contribution >= 0.6 is 0 Å². The quantitative estimate of drug-likeness (QED) is 0.764. The Morgan fingerprint density at radius 3 is 2.24 bits per heavy atom. The van der Waals surface area contributed by atoms with Crippen molar-refractivity contribution < 1.29 is 17.4 Å². The molecule has 0 bridgehead atoms. The topological polar surface area (TPSA) is 46.9 Å². The van der Waals surface area contributed by atoms with Gasteiger partial charge in [0.1, 0.15) is 11.0 Å². The van der Waals surface area contributed by atoms with Gasteiger partial charge in [-0.3, -0.25) is 0 Å². The molecule has 1 aromatic heterocycles. The second-order valence-electron chi connectivity index (χ2n) is 5.16. The third-order valence-corrected chi connectivity index (χ3v) is 4.62. The van der Waals surface area contributed by atoms with Gasteiger partial charge in [-0.25, -0.2) is 13.6 Å². The normalized spacial score (nSPS) is 13.0. The van der Waals surface area contributed by atoms with Crippen LogP contribution in [0.4, 0.5) is 13.2 Å². The summed E-state index contributed by atoms with van der Waals surface area (Å²) in [7, 11) is 0.191. The van der Waals surface area contributed by atoms with Crippen molar-refractivity contribution in [3.8, 4) is 16.9 Å². The highest BCUT2D eigenvalue weighted by Gasteiger charge is 2.35. The molecule has 1 N–H and O–H groups in total. The van der Waals surface area contributed by atoms with Crippen molar-refractivity contribution in [2.45, 2.75) is 11.1 Å². The van der Waals surface area contributed by atoms with Crippen LogP contribution in [-0.4, -0.2) is 21.0 Å². The zero-order chi connectivity index (χ0) is 18.0. The lowest BCUT2D eigenvalue weighted by atomic mass is 10.1. The van der Waals surface area contributed by atoms with Gasteiger partial charge in [-0.15, -0.1) is 0 Å². The highest BCUT2D eigenvalue weighted by Crippen LogP contribution is 2.33. The summed E-state index contributed by atoms with van der Waals surface area (Å²) in [6.07, 6.45) is -4.54. The van der Waals surface area contributed by atoms with E-state index >= 15 is 0 Å². The molecule has 0 saturated heterocycles. The molecule has 0 radical (unpaired) electrons. The van der Waals surface area contributed by atoms with Crippen molar-refractivity contribution in [3.05, 3.63) is 66.4 Å². The summed E-state index contributed by atoms with van der Waals surface area (Å²) in [6.45, 7) is 0. The van der Waals surface area contributed by atoms with E-state index in [2.05, 4.69) is 9.82 Å². The largest absolute Gasteiger partial charge is 0.435 e. The summed E-state index contributed by atoms with van der Waals surface area (Å²) < 4.78 is 54.9. The molecular weight excluding hydrogens is 351 g/mol. The van der Waals surface area contributed by atoms with E-state index in [1.807, 2.05) is 0 Å². The third-order valence-electron chi connectivity index (χ3n) is 3.55. The molecule has 0 aliphatic heterocycles. The van der Waals surface area contributed by atoms with E-state index in [-0.39, 0.29) is 0 Å².